The van der Waals surface area contributed by atoms with E-state index in [9.17, 15) is 8.42 Å². The normalized spacial score (nSPS) is 17.8. The van der Waals surface area contributed by atoms with Gasteiger partial charge in [-0.25, -0.2) is 18.1 Å². The van der Waals surface area contributed by atoms with Crippen molar-refractivity contribution in [2.45, 2.75) is 50.3 Å². The molecule has 2 aromatic heterocycles. The van der Waals surface area contributed by atoms with Crippen molar-refractivity contribution >= 4 is 21.4 Å². The molecule has 1 fully saturated rings. The van der Waals surface area contributed by atoms with Gasteiger partial charge in [0.25, 0.3) is 0 Å². The van der Waals surface area contributed by atoms with Crippen LogP contribution in [0.4, 0.5) is 0 Å². The van der Waals surface area contributed by atoms with E-state index >= 15 is 0 Å². The Kier molecular flexibility index (Phi) is 3.54. The van der Waals surface area contributed by atoms with Crippen molar-refractivity contribution in [2.24, 2.45) is 0 Å². The largest absolute Gasteiger partial charge is 0.361 e. The quantitative estimate of drug-likeness (QED) is 0.871. The molecule has 2 aliphatic carbocycles. The Hall–Kier alpha value is -1.25. The van der Waals surface area contributed by atoms with Gasteiger partial charge in [0.2, 0.25) is 10.0 Å². The molecule has 0 saturated heterocycles. The average Bonchev–Trinajstić information content (AvgIpc) is 2.88. The molecular formula is C14H17N3O3S2. The Balaban J connectivity index is 1.37. The highest BCUT2D eigenvalue weighted by Gasteiger charge is 2.28. The van der Waals surface area contributed by atoms with Crippen molar-refractivity contribution < 1.29 is 12.9 Å². The lowest BCUT2D eigenvalue weighted by Gasteiger charge is -2.02. The van der Waals surface area contributed by atoms with Gasteiger partial charge in [0.05, 0.1) is 12.2 Å². The van der Waals surface area contributed by atoms with E-state index in [1.165, 1.54) is 4.88 Å². The van der Waals surface area contributed by atoms with E-state index in [1.807, 2.05) is 0 Å². The van der Waals surface area contributed by atoms with Crippen LogP contribution in [0.25, 0.3) is 0 Å². The molecule has 0 aliphatic heterocycles. The van der Waals surface area contributed by atoms with Gasteiger partial charge in [-0.3, -0.25) is 0 Å². The molecular weight excluding hydrogens is 322 g/mol. The highest BCUT2D eigenvalue weighted by atomic mass is 32.2. The van der Waals surface area contributed by atoms with Crippen LogP contribution in [-0.2, 0) is 35.2 Å². The Morgan fingerprint density at radius 2 is 2.23 bits per heavy atom. The average molecular weight is 339 g/mol. The van der Waals surface area contributed by atoms with Gasteiger partial charge in [-0.2, -0.15) is 0 Å². The standard InChI is InChI=1S/C14H17N3O3S2/c18-22(19,8-10-6-12(20-17-10)9-4-5-9)15-7-14-16-11-2-1-3-13(11)21-14/h6,9,15H,1-5,7-8H2. The van der Waals surface area contributed by atoms with Gasteiger partial charge in [-0.15, -0.1) is 11.3 Å². The zero-order valence-electron chi connectivity index (χ0n) is 12.0. The third-order valence-corrected chi connectivity index (χ3v) is 6.40. The molecule has 1 saturated carbocycles. The maximum Gasteiger partial charge on any atom is 0.217 e. The molecule has 22 heavy (non-hydrogen) atoms. The van der Waals surface area contributed by atoms with Crippen LogP contribution in [-0.4, -0.2) is 18.6 Å². The zero-order valence-corrected chi connectivity index (χ0v) is 13.7. The molecule has 0 amide bonds. The molecule has 0 aromatic carbocycles. The van der Waals surface area contributed by atoms with Gasteiger partial charge in [-0.05, 0) is 32.1 Å². The summed E-state index contributed by atoms with van der Waals surface area (Å²) in [7, 11) is -3.42. The summed E-state index contributed by atoms with van der Waals surface area (Å²) >= 11 is 1.61. The molecule has 0 bridgehead atoms. The topological polar surface area (TPSA) is 85.1 Å². The lowest BCUT2D eigenvalue weighted by Crippen LogP contribution is -2.24. The lowest BCUT2D eigenvalue weighted by atomic mass is 10.3. The summed E-state index contributed by atoms with van der Waals surface area (Å²) in [6.45, 7) is 0.257. The zero-order chi connectivity index (χ0) is 15.2. The fourth-order valence-electron chi connectivity index (χ4n) is 2.69. The minimum atomic E-state index is -3.42. The highest BCUT2D eigenvalue weighted by Crippen LogP contribution is 2.40. The summed E-state index contributed by atoms with van der Waals surface area (Å²) in [6.07, 6.45) is 5.46. The predicted molar refractivity (Wildman–Crippen MR) is 82.1 cm³/mol. The molecule has 118 valence electrons. The van der Waals surface area contributed by atoms with Crippen LogP contribution in [0, 0.1) is 0 Å². The number of nitrogens with one attached hydrogen (secondary N) is 1. The number of nitrogens with zero attached hydrogens (tertiary/aromatic N) is 2. The van der Waals surface area contributed by atoms with E-state index < -0.39 is 10.0 Å². The van der Waals surface area contributed by atoms with Crippen LogP contribution >= 0.6 is 11.3 Å². The Labute approximate surface area is 133 Å². The number of fused-ring (bicyclic) bond motifs is 1. The van der Waals surface area contributed by atoms with Crippen molar-refractivity contribution in [3.05, 3.63) is 33.1 Å². The smallest absolute Gasteiger partial charge is 0.217 e. The summed E-state index contributed by atoms with van der Waals surface area (Å²) in [5.41, 5.74) is 1.61. The lowest BCUT2D eigenvalue weighted by molar-refractivity contribution is 0.379. The van der Waals surface area contributed by atoms with Crippen LogP contribution in [0.15, 0.2) is 10.6 Å². The van der Waals surface area contributed by atoms with Crippen LogP contribution in [0.3, 0.4) is 0 Å². The molecule has 8 heteroatoms. The van der Waals surface area contributed by atoms with Crippen LogP contribution in [0.1, 0.15) is 52.2 Å². The first kappa shape index (κ1) is 14.3. The fourth-order valence-corrected chi connectivity index (χ4v) is 4.87. The number of aromatic nitrogens is 2. The molecule has 2 aromatic rings. The van der Waals surface area contributed by atoms with Crippen LogP contribution in [0.2, 0.25) is 0 Å². The van der Waals surface area contributed by atoms with E-state index in [4.69, 9.17) is 4.52 Å². The number of hydrogen-bond donors (Lipinski definition) is 1. The highest BCUT2D eigenvalue weighted by molar-refractivity contribution is 7.88. The van der Waals surface area contributed by atoms with E-state index in [2.05, 4.69) is 14.9 Å². The Morgan fingerprint density at radius 3 is 3.00 bits per heavy atom. The molecule has 6 nitrogen and oxygen atoms in total. The monoisotopic (exact) mass is 339 g/mol. The number of hydrogen-bond acceptors (Lipinski definition) is 6. The minimum absolute atomic E-state index is 0.145. The summed E-state index contributed by atoms with van der Waals surface area (Å²) in [5.74, 6) is 1.10. The molecule has 0 radical (unpaired) electrons. The third kappa shape index (κ3) is 3.09. The maximum atomic E-state index is 12.1. The predicted octanol–water partition coefficient (Wildman–Crippen LogP) is 2.12. The number of sulfonamides is 1. The van der Waals surface area contributed by atoms with Gasteiger partial charge in [0.1, 0.15) is 22.2 Å². The van der Waals surface area contributed by atoms with Gasteiger partial charge < -0.3 is 4.52 Å². The molecule has 4 rings (SSSR count). The first-order valence-electron chi connectivity index (χ1n) is 7.49. The summed E-state index contributed by atoms with van der Waals surface area (Å²) < 4.78 is 32.0. The van der Waals surface area contributed by atoms with E-state index in [0.717, 1.165) is 48.6 Å². The number of thiazole rings is 1. The molecule has 2 heterocycles. The maximum absolute atomic E-state index is 12.1. The van der Waals surface area contributed by atoms with Crippen molar-refractivity contribution in [2.75, 3.05) is 0 Å². The number of aryl methyl sites for hydroxylation is 2. The van der Waals surface area contributed by atoms with Crippen molar-refractivity contribution in [3.8, 4) is 0 Å². The van der Waals surface area contributed by atoms with Crippen LogP contribution < -0.4 is 4.72 Å². The molecule has 2 aliphatic rings. The van der Waals surface area contributed by atoms with E-state index in [0.29, 0.717) is 11.6 Å². The van der Waals surface area contributed by atoms with Crippen LogP contribution in [0.5, 0.6) is 0 Å². The van der Waals surface area contributed by atoms with Gasteiger partial charge in [0.15, 0.2) is 0 Å². The first-order valence-corrected chi connectivity index (χ1v) is 9.96. The second-order valence-corrected chi connectivity index (χ2v) is 8.88. The fraction of sp³-hybridized carbons (Fsp3) is 0.571. The SMILES string of the molecule is O=S(=O)(Cc1cc(C2CC2)on1)NCc1nc2c(s1)CCC2. The van der Waals surface area contributed by atoms with Gasteiger partial charge in [-0.1, -0.05) is 5.16 Å². The van der Waals surface area contributed by atoms with Gasteiger partial charge >= 0.3 is 0 Å². The van der Waals surface area contributed by atoms with E-state index in [1.54, 1.807) is 17.4 Å². The Morgan fingerprint density at radius 1 is 1.36 bits per heavy atom. The van der Waals surface area contributed by atoms with Crippen molar-refractivity contribution in [3.63, 3.8) is 0 Å². The second kappa shape index (κ2) is 5.43. The molecule has 1 N–H and O–H groups in total. The third-order valence-electron chi connectivity index (χ3n) is 3.98. The number of rotatable bonds is 6. The molecule has 0 atom stereocenters. The molecule has 0 spiro atoms. The minimum Gasteiger partial charge on any atom is -0.361 e. The summed E-state index contributed by atoms with van der Waals surface area (Å²) in [4.78, 5) is 5.80. The first-order chi connectivity index (χ1) is 10.6. The summed E-state index contributed by atoms with van der Waals surface area (Å²) in [5, 5.41) is 4.69. The van der Waals surface area contributed by atoms with Crippen molar-refractivity contribution in [1.29, 1.82) is 0 Å². The summed E-state index contributed by atoms with van der Waals surface area (Å²) in [6, 6.07) is 1.76. The van der Waals surface area contributed by atoms with E-state index in [-0.39, 0.29) is 12.3 Å². The molecule has 0 unspecified atom stereocenters. The second-order valence-electron chi connectivity index (χ2n) is 5.91. The van der Waals surface area contributed by atoms with Gasteiger partial charge in [0, 0.05) is 16.9 Å². The Bertz CT molecular complexity index is 769. The van der Waals surface area contributed by atoms with Crippen molar-refractivity contribution in [1.82, 2.24) is 14.9 Å².